The average molecular weight is 263 g/mol. The van der Waals surface area contributed by atoms with Gasteiger partial charge in [-0.1, -0.05) is 41.0 Å². The molecular weight excluding hydrogens is 251 g/mol. The lowest BCUT2D eigenvalue weighted by Gasteiger charge is -2.10. The second-order valence-corrected chi connectivity index (χ2v) is 6.41. The fourth-order valence-corrected chi connectivity index (χ4v) is 3.80. The lowest BCUT2D eigenvalue weighted by molar-refractivity contribution is 0.596. The van der Waals surface area contributed by atoms with Gasteiger partial charge < -0.3 is 0 Å². The van der Waals surface area contributed by atoms with Gasteiger partial charge in [0.05, 0.1) is 0 Å². The summed E-state index contributed by atoms with van der Waals surface area (Å²) in [5.41, 5.74) is 0. The van der Waals surface area contributed by atoms with Crippen LogP contribution in [0.15, 0.2) is 54.6 Å². The highest BCUT2D eigenvalue weighted by molar-refractivity contribution is 7.53. The Labute approximate surface area is 112 Å². The van der Waals surface area contributed by atoms with E-state index in [1.54, 1.807) is 6.66 Å². The second kappa shape index (κ2) is 3.76. The first kappa shape index (κ1) is 10.9. The van der Waals surface area contributed by atoms with Crippen LogP contribution < -0.4 is 5.30 Å². The summed E-state index contributed by atoms with van der Waals surface area (Å²) in [6.07, 6.45) is 0. The predicted molar refractivity (Wildman–Crippen MR) is 83.3 cm³/mol. The molecule has 0 fully saturated rings. The van der Waals surface area contributed by atoms with Gasteiger partial charge >= 0.3 is 7.80 Å². The maximum absolute atomic E-state index is 11.9. The number of rotatable bonds is 1. The van der Waals surface area contributed by atoms with Gasteiger partial charge in [-0.3, -0.25) is 0 Å². The van der Waals surface area contributed by atoms with Crippen LogP contribution in [0.5, 0.6) is 0 Å². The molecule has 0 aromatic heterocycles. The van der Waals surface area contributed by atoms with Crippen molar-refractivity contribution in [2.75, 3.05) is 6.66 Å². The molecule has 90 valence electrons. The Bertz CT molecular complexity index is 924. The second-order valence-electron chi connectivity index (χ2n) is 4.94. The van der Waals surface area contributed by atoms with Gasteiger partial charge in [0.15, 0.2) is 5.30 Å². The van der Waals surface area contributed by atoms with Gasteiger partial charge in [0.1, 0.15) is 6.66 Å². The molecule has 4 rings (SSSR count). The van der Waals surface area contributed by atoms with E-state index in [9.17, 15) is 4.57 Å². The standard InChI is InChI=1S/C17H12OP/c1-19(18)15-10-8-13-6-5-11-3-2-4-12-7-9-14(15)17(13)16(11)12/h2-10H,1H3/q+1. The maximum atomic E-state index is 11.9. The van der Waals surface area contributed by atoms with Crippen LogP contribution in [-0.4, -0.2) is 6.66 Å². The molecular formula is C17H12OP+. The first-order valence-electron chi connectivity index (χ1n) is 6.33. The van der Waals surface area contributed by atoms with Crippen molar-refractivity contribution in [3.63, 3.8) is 0 Å². The van der Waals surface area contributed by atoms with E-state index >= 15 is 0 Å². The summed E-state index contributed by atoms with van der Waals surface area (Å²) in [6, 6.07) is 19.0. The smallest absolute Gasteiger partial charge is 0.0684 e. The highest BCUT2D eigenvalue weighted by Crippen LogP contribution is 2.35. The third-order valence-electron chi connectivity index (χ3n) is 3.84. The molecule has 0 aliphatic carbocycles. The van der Waals surface area contributed by atoms with E-state index in [1.807, 2.05) is 6.07 Å². The van der Waals surface area contributed by atoms with Gasteiger partial charge in [0, 0.05) is 10.8 Å². The molecule has 2 heteroatoms. The summed E-state index contributed by atoms with van der Waals surface area (Å²) in [5, 5.41) is 8.35. The summed E-state index contributed by atoms with van der Waals surface area (Å²) < 4.78 is 11.9. The average Bonchev–Trinajstić information content (AvgIpc) is 2.44. The van der Waals surface area contributed by atoms with Crippen LogP contribution in [0, 0.1) is 0 Å². The molecule has 0 amide bonds. The van der Waals surface area contributed by atoms with Crippen LogP contribution in [0.3, 0.4) is 0 Å². The SMILES string of the molecule is C[P+](=O)c1ccc2ccc3cccc4ccc1c2c34. The monoisotopic (exact) mass is 263 g/mol. The van der Waals surface area contributed by atoms with Crippen LogP contribution in [0.1, 0.15) is 0 Å². The van der Waals surface area contributed by atoms with Crippen molar-refractivity contribution in [2.45, 2.75) is 0 Å². The Hall–Kier alpha value is -1.98. The summed E-state index contributed by atoms with van der Waals surface area (Å²) in [5.74, 6) is 0. The van der Waals surface area contributed by atoms with E-state index in [0.717, 1.165) is 10.7 Å². The fraction of sp³-hybridized carbons (Fsp3) is 0.0588. The Morgan fingerprint density at radius 3 is 2.00 bits per heavy atom. The zero-order valence-corrected chi connectivity index (χ0v) is 11.4. The first-order valence-corrected chi connectivity index (χ1v) is 8.04. The van der Waals surface area contributed by atoms with Gasteiger partial charge in [0.25, 0.3) is 0 Å². The molecule has 0 saturated carbocycles. The summed E-state index contributed by atoms with van der Waals surface area (Å²) in [4.78, 5) is 0. The molecule has 0 heterocycles. The van der Waals surface area contributed by atoms with Crippen LogP contribution in [0.2, 0.25) is 0 Å². The highest BCUT2D eigenvalue weighted by Gasteiger charge is 2.19. The van der Waals surface area contributed by atoms with E-state index < -0.39 is 7.80 Å². The third kappa shape index (κ3) is 1.42. The largest absolute Gasteiger partial charge is 0.374 e. The minimum Gasteiger partial charge on any atom is -0.0684 e. The Morgan fingerprint density at radius 1 is 0.737 bits per heavy atom. The highest BCUT2D eigenvalue weighted by atomic mass is 31.1. The van der Waals surface area contributed by atoms with Crippen molar-refractivity contribution >= 4 is 45.4 Å². The molecule has 0 radical (unpaired) electrons. The number of hydrogen-bond donors (Lipinski definition) is 0. The molecule has 0 saturated heterocycles. The summed E-state index contributed by atoms with van der Waals surface area (Å²) >= 11 is 0. The van der Waals surface area contributed by atoms with Crippen molar-refractivity contribution in [3.05, 3.63) is 54.6 Å². The minimum atomic E-state index is -1.32. The van der Waals surface area contributed by atoms with Crippen molar-refractivity contribution in [1.29, 1.82) is 0 Å². The lowest BCUT2D eigenvalue weighted by Crippen LogP contribution is -1.98. The van der Waals surface area contributed by atoms with E-state index in [4.69, 9.17) is 0 Å². The molecule has 0 aliphatic rings. The fourth-order valence-electron chi connectivity index (χ4n) is 2.99. The first-order chi connectivity index (χ1) is 9.25. The predicted octanol–water partition coefficient (Wildman–Crippen LogP) is 4.67. The van der Waals surface area contributed by atoms with Crippen molar-refractivity contribution in [2.24, 2.45) is 0 Å². The summed E-state index contributed by atoms with van der Waals surface area (Å²) in [6.45, 7) is 1.78. The Balaban J connectivity index is 2.38. The zero-order chi connectivity index (χ0) is 13.0. The van der Waals surface area contributed by atoms with Crippen LogP contribution in [0.4, 0.5) is 0 Å². The quantitative estimate of drug-likeness (QED) is 0.360. The molecule has 4 aromatic rings. The molecule has 0 N–H and O–H groups in total. The minimum absolute atomic E-state index is 0.959. The number of hydrogen-bond acceptors (Lipinski definition) is 1. The van der Waals surface area contributed by atoms with E-state index in [2.05, 4.69) is 48.5 Å². The molecule has 19 heavy (non-hydrogen) atoms. The van der Waals surface area contributed by atoms with Crippen molar-refractivity contribution < 1.29 is 4.57 Å². The topological polar surface area (TPSA) is 17.1 Å². The van der Waals surface area contributed by atoms with Gasteiger partial charge in [-0.25, -0.2) is 0 Å². The molecule has 1 unspecified atom stereocenters. The van der Waals surface area contributed by atoms with Gasteiger partial charge in [-0.15, -0.1) is 0 Å². The Morgan fingerprint density at radius 2 is 1.32 bits per heavy atom. The summed E-state index contributed by atoms with van der Waals surface area (Å²) in [7, 11) is -1.32. The van der Waals surface area contributed by atoms with Gasteiger partial charge in [-0.05, 0) is 39.7 Å². The molecule has 1 atom stereocenters. The maximum Gasteiger partial charge on any atom is 0.374 e. The molecule has 4 aromatic carbocycles. The van der Waals surface area contributed by atoms with Crippen LogP contribution in [0.25, 0.3) is 32.3 Å². The van der Waals surface area contributed by atoms with Crippen molar-refractivity contribution in [3.8, 4) is 0 Å². The molecule has 0 spiro atoms. The van der Waals surface area contributed by atoms with Crippen LogP contribution >= 0.6 is 7.80 Å². The van der Waals surface area contributed by atoms with Crippen LogP contribution in [-0.2, 0) is 4.57 Å². The third-order valence-corrected chi connectivity index (χ3v) is 4.91. The lowest BCUT2D eigenvalue weighted by atomic mass is 9.94. The van der Waals surface area contributed by atoms with Crippen molar-refractivity contribution in [1.82, 2.24) is 0 Å². The van der Waals surface area contributed by atoms with Gasteiger partial charge in [-0.2, -0.15) is 0 Å². The van der Waals surface area contributed by atoms with Gasteiger partial charge in [0.2, 0.25) is 0 Å². The zero-order valence-electron chi connectivity index (χ0n) is 10.6. The number of benzene rings is 4. The molecule has 0 aliphatic heterocycles. The van der Waals surface area contributed by atoms with E-state index in [0.29, 0.717) is 0 Å². The molecule has 1 nitrogen and oxygen atoms in total. The van der Waals surface area contributed by atoms with E-state index in [1.165, 1.54) is 26.9 Å². The Kier molecular flexibility index (Phi) is 2.15. The normalized spacial score (nSPS) is 12.6. The van der Waals surface area contributed by atoms with E-state index in [-0.39, 0.29) is 0 Å². The molecule has 0 bridgehead atoms.